The Balaban J connectivity index is -0.000000767. The van der Waals surface area contributed by atoms with Crippen molar-refractivity contribution in [2.24, 2.45) is 0 Å². The molecule has 0 rings (SSSR count). The quantitative estimate of drug-likeness (QED) is 0.0616. The Kier molecular flexibility index (Phi) is 49.5. The zero-order chi connectivity index (χ0) is 32.6. The molecule has 0 aliphatic rings. The van der Waals surface area contributed by atoms with Gasteiger partial charge in [-0.1, -0.05) is 219 Å². The zero-order valence-electron chi connectivity index (χ0n) is 30.4. The molecule has 0 aromatic carbocycles. The summed E-state index contributed by atoms with van der Waals surface area (Å²) in [5.41, 5.74) is 0. The molecule has 0 aromatic heterocycles. The Morgan fingerprint density at radius 1 is 0.289 bits per heavy atom. The maximum atomic E-state index is 10.2. The van der Waals surface area contributed by atoms with Gasteiger partial charge in [-0.25, -0.2) is 0 Å². The van der Waals surface area contributed by atoms with Crippen LogP contribution in [-0.2, 0) is 26.4 Å². The standard InChI is InChI=1S/2C20H40O2.Co/c2*1-2-3-4-5-6-7-8-9-10-11-12-13-14-15-16-17-18-19-20(21)22;/h2*2-19H2,1H3,(H,21,22);/q;;+2/p-2. The van der Waals surface area contributed by atoms with E-state index in [1.807, 2.05) is 0 Å². The van der Waals surface area contributed by atoms with Crippen LogP contribution in [0.1, 0.15) is 245 Å². The van der Waals surface area contributed by atoms with E-state index in [1.54, 1.807) is 0 Å². The van der Waals surface area contributed by atoms with Crippen LogP contribution >= 0.6 is 0 Å². The molecule has 0 N–H and O–H groups in total. The largest absolute Gasteiger partial charge is 2.00 e. The maximum Gasteiger partial charge on any atom is 2.00 e. The number of carboxylic acids is 2. The van der Waals surface area contributed by atoms with Crippen LogP contribution in [0.25, 0.3) is 0 Å². The monoisotopic (exact) mass is 682 g/mol. The summed E-state index contributed by atoms with van der Waals surface area (Å²) >= 11 is 0. The summed E-state index contributed by atoms with van der Waals surface area (Å²) in [6.45, 7) is 4.55. The van der Waals surface area contributed by atoms with E-state index in [9.17, 15) is 19.8 Å². The van der Waals surface area contributed by atoms with E-state index in [2.05, 4.69) is 13.8 Å². The van der Waals surface area contributed by atoms with E-state index < -0.39 is 11.9 Å². The molecule has 0 amide bonds. The number of hydrogen-bond acceptors (Lipinski definition) is 4. The van der Waals surface area contributed by atoms with E-state index in [0.717, 1.165) is 25.7 Å². The smallest absolute Gasteiger partial charge is 0.550 e. The Hall–Kier alpha value is -0.554. The van der Waals surface area contributed by atoms with Crippen LogP contribution in [-0.4, -0.2) is 11.9 Å². The van der Waals surface area contributed by atoms with Crippen LogP contribution in [0.4, 0.5) is 0 Å². The van der Waals surface area contributed by atoms with E-state index in [4.69, 9.17) is 0 Å². The first-order valence-electron chi connectivity index (χ1n) is 19.9. The van der Waals surface area contributed by atoms with Gasteiger partial charge in [0.15, 0.2) is 0 Å². The number of carboxylic acid groups (broad SMARTS) is 2. The predicted molar refractivity (Wildman–Crippen MR) is 188 cm³/mol. The normalized spacial score (nSPS) is 10.7. The average molecular weight is 682 g/mol. The summed E-state index contributed by atoms with van der Waals surface area (Å²) in [4.78, 5) is 20.5. The molecule has 0 unspecified atom stereocenters. The van der Waals surface area contributed by atoms with Crippen molar-refractivity contribution in [3.05, 3.63) is 0 Å². The summed E-state index contributed by atoms with van der Waals surface area (Å²) in [6.07, 6.45) is 45.6. The summed E-state index contributed by atoms with van der Waals surface area (Å²) in [5.74, 6) is -1.80. The first-order valence-corrected chi connectivity index (χ1v) is 19.9. The van der Waals surface area contributed by atoms with Gasteiger partial charge in [0.2, 0.25) is 0 Å². The number of carbonyl (C=O) groups is 2. The minimum absolute atomic E-state index is 0. The van der Waals surface area contributed by atoms with Crippen molar-refractivity contribution in [1.29, 1.82) is 0 Å². The molecule has 271 valence electrons. The number of hydrogen-bond donors (Lipinski definition) is 0. The van der Waals surface area contributed by atoms with Gasteiger partial charge in [0.1, 0.15) is 0 Å². The topological polar surface area (TPSA) is 80.3 Å². The molecule has 0 saturated heterocycles. The molecule has 0 atom stereocenters. The third-order valence-corrected chi connectivity index (χ3v) is 8.97. The van der Waals surface area contributed by atoms with Crippen LogP contribution in [0.2, 0.25) is 0 Å². The molecule has 0 spiro atoms. The minimum atomic E-state index is -0.902. The SMILES string of the molecule is CCCCCCCCCCCCCCCCCCCC(=O)[O-].CCCCCCCCCCCCCCCCCCCC(=O)[O-].[Co+2]. The fourth-order valence-corrected chi connectivity index (χ4v) is 5.99. The Morgan fingerprint density at radius 2 is 0.422 bits per heavy atom. The van der Waals surface area contributed by atoms with Crippen LogP contribution < -0.4 is 10.2 Å². The molecule has 45 heavy (non-hydrogen) atoms. The molecule has 0 aliphatic heterocycles. The van der Waals surface area contributed by atoms with Crippen LogP contribution in [0.5, 0.6) is 0 Å². The molecule has 0 aliphatic carbocycles. The van der Waals surface area contributed by atoms with E-state index >= 15 is 0 Å². The number of aliphatic carboxylic acids is 2. The molecule has 0 bridgehead atoms. The zero-order valence-corrected chi connectivity index (χ0v) is 31.5. The van der Waals surface area contributed by atoms with Crippen molar-refractivity contribution in [1.82, 2.24) is 0 Å². The molecule has 5 heteroatoms. The molecule has 0 heterocycles. The average Bonchev–Trinajstić information content (AvgIpc) is 3.00. The van der Waals surface area contributed by atoms with Crippen molar-refractivity contribution in [2.75, 3.05) is 0 Å². The van der Waals surface area contributed by atoms with Crippen molar-refractivity contribution >= 4 is 11.9 Å². The fraction of sp³-hybridized carbons (Fsp3) is 0.950. The van der Waals surface area contributed by atoms with Gasteiger partial charge in [0.05, 0.1) is 0 Å². The second-order valence-corrected chi connectivity index (χ2v) is 13.6. The van der Waals surface area contributed by atoms with Gasteiger partial charge in [0.25, 0.3) is 0 Å². The minimum Gasteiger partial charge on any atom is -0.550 e. The molecule has 1 radical (unpaired) electrons. The summed E-state index contributed by atoms with van der Waals surface area (Å²) in [5, 5.41) is 20.5. The number of unbranched alkanes of at least 4 members (excludes halogenated alkanes) is 32. The second kappa shape index (κ2) is 45.6. The molecule has 0 saturated carbocycles. The van der Waals surface area contributed by atoms with Gasteiger partial charge in [-0.05, 0) is 25.7 Å². The van der Waals surface area contributed by atoms with Gasteiger partial charge in [0, 0.05) is 11.9 Å². The maximum absolute atomic E-state index is 10.2. The first-order chi connectivity index (χ1) is 21.5. The number of rotatable bonds is 36. The van der Waals surface area contributed by atoms with E-state index in [1.165, 1.54) is 193 Å². The third kappa shape index (κ3) is 53.2. The van der Waals surface area contributed by atoms with Crippen molar-refractivity contribution < 1.29 is 36.6 Å². The van der Waals surface area contributed by atoms with Crippen LogP contribution in [0.3, 0.4) is 0 Å². The van der Waals surface area contributed by atoms with Gasteiger partial charge >= 0.3 is 16.8 Å². The van der Waals surface area contributed by atoms with Gasteiger partial charge < -0.3 is 19.8 Å². The Bertz CT molecular complexity index is 506. The molecule has 4 nitrogen and oxygen atoms in total. The summed E-state index contributed by atoms with van der Waals surface area (Å²) < 4.78 is 0. The molecule has 0 fully saturated rings. The number of carbonyl (C=O) groups excluding carboxylic acids is 2. The fourth-order valence-electron chi connectivity index (χ4n) is 5.99. The van der Waals surface area contributed by atoms with Crippen LogP contribution in [0, 0.1) is 0 Å². The summed E-state index contributed by atoms with van der Waals surface area (Å²) in [7, 11) is 0. The van der Waals surface area contributed by atoms with Crippen LogP contribution in [0.15, 0.2) is 0 Å². The van der Waals surface area contributed by atoms with Gasteiger partial charge in [-0.15, -0.1) is 0 Å². The van der Waals surface area contributed by atoms with Gasteiger partial charge in [-0.3, -0.25) is 0 Å². The van der Waals surface area contributed by atoms with Crippen molar-refractivity contribution in [2.45, 2.75) is 245 Å². The first kappa shape index (κ1) is 48.8. The third-order valence-electron chi connectivity index (χ3n) is 8.97. The Morgan fingerprint density at radius 3 is 0.556 bits per heavy atom. The second-order valence-electron chi connectivity index (χ2n) is 13.6. The van der Waals surface area contributed by atoms with Crippen molar-refractivity contribution in [3.63, 3.8) is 0 Å². The predicted octanol–water partition coefficient (Wildman–Crippen LogP) is 11.6. The molecular weight excluding hydrogens is 603 g/mol. The van der Waals surface area contributed by atoms with E-state index in [-0.39, 0.29) is 29.6 Å². The summed E-state index contributed by atoms with van der Waals surface area (Å²) in [6, 6.07) is 0. The van der Waals surface area contributed by atoms with Gasteiger partial charge in [-0.2, -0.15) is 0 Å². The molecular formula is C40H78CoO4. The van der Waals surface area contributed by atoms with Crippen molar-refractivity contribution in [3.8, 4) is 0 Å². The molecule has 0 aromatic rings. The Labute approximate surface area is 292 Å². The van der Waals surface area contributed by atoms with E-state index in [0.29, 0.717) is 0 Å².